The van der Waals surface area contributed by atoms with E-state index in [1.807, 2.05) is 7.05 Å². The Morgan fingerprint density at radius 3 is 3.00 bits per heavy atom. The zero-order valence-electron chi connectivity index (χ0n) is 10.7. The van der Waals surface area contributed by atoms with E-state index in [9.17, 15) is 4.39 Å². The van der Waals surface area contributed by atoms with Crippen molar-refractivity contribution in [2.24, 2.45) is 5.92 Å². The summed E-state index contributed by atoms with van der Waals surface area (Å²) in [6.45, 7) is 2.89. The smallest absolute Gasteiger partial charge is 0.123 e. The Morgan fingerprint density at radius 1 is 1.56 bits per heavy atom. The normalized spacial score (nSPS) is 25.3. The van der Waals surface area contributed by atoms with Gasteiger partial charge in [-0.2, -0.15) is 0 Å². The van der Waals surface area contributed by atoms with Crippen molar-refractivity contribution in [1.29, 1.82) is 0 Å². The molecule has 0 amide bonds. The molecular formula is C14H19ClFNO. The summed E-state index contributed by atoms with van der Waals surface area (Å²) in [5.74, 6) is 0.0981. The number of ether oxygens (including phenoxy) is 1. The fraction of sp³-hybridized carbons (Fsp3) is 0.571. The van der Waals surface area contributed by atoms with Gasteiger partial charge in [-0.25, -0.2) is 4.39 Å². The summed E-state index contributed by atoms with van der Waals surface area (Å²) in [5, 5.41) is 3.87. The molecule has 0 aromatic heterocycles. The van der Waals surface area contributed by atoms with Crippen molar-refractivity contribution < 1.29 is 9.13 Å². The Hall–Kier alpha value is -0.640. The second-order valence-corrected chi connectivity index (χ2v) is 5.11. The Morgan fingerprint density at radius 2 is 2.33 bits per heavy atom. The largest absolute Gasteiger partial charge is 0.378 e. The van der Waals surface area contributed by atoms with Crippen molar-refractivity contribution in [3.63, 3.8) is 0 Å². The zero-order valence-corrected chi connectivity index (χ0v) is 11.5. The van der Waals surface area contributed by atoms with Crippen molar-refractivity contribution in [3.05, 3.63) is 34.6 Å². The summed E-state index contributed by atoms with van der Waals surface area (Å²) < 4.78 is 19.1. The van der Waals surface area contributed by atoms with Crippen molar-refractivity contribution in [3.8, 4) is 0 Å². The van der Waals surface area contributed by atoms with Gasteiger partial charge in [-0.3, -0.25) is 0 Å². The molecule has 2 nitrogen and oxygen atoms in total. The number of benzene rings is 1. The molecule has 1 aromatic rings. The molecule has 18 heavy (non-hydrogen) atoms. The Bertz CT molecular complexity index is 413. The first-order chi connectivity index (χ1) is 8.67. The van der Waals surface area contributed by atoms with Crippen LogP contribution in [0, 0.1) is 11.7 Å². The lowest BCUT2D eigenvalue weighted by Crippen LogP contribution is -2.31. The molecule has 1 aliphatic heterocycles. The van der Waals surface area contributed by atoms with E-state index in [4.69, 9.17) is 16.3 Å². The van der Waals surface area contributed by atoms with Gasteiger partial charge >= 0.3 is 0 Å². The Kier molecular flexibility index (Phi) is 4.60. The number of rotatable bonds is 4. The summed E-state index contributed by atoms with van der Waals surface area (Å²) in [7, 11) is 1.89. The van der Waals surface area contributed by atoms with Crippen molar-refractivity contribution in [2.75, 3.05) is 13.7 Å². The SMILES string of the molecule is CCC1OCCC1C(NC)c1cc(F)ccc1Cl. The lowest BCUT2D eigenvalue weighted by Gasteiger charge is -2.28. The van der Waals surface area contributed by atoms with Crippen LogP contribution in [0.1, 0.15) is 31.4 Å². The van der Waals surface area contributed by atoms with Gasteiger partial charge in [0.1, 0.15) is 5.82 Å². The van der Waals surface area contributed by atoms with E-state index >= 15 is 0 Å². The van der Waals surface area contributed by atoms with Gasteiger partial charge in [0.15, 0.2) is 0 Å². The van der Waals surface area contributed by atoms with E-state index in [-0.39, 0.29) is 18.0 Å². The van der Waals surface area contributed by atoms with Gasteiger partial charge in [-0.15, -0.1) is 0 Å². The molecular weight excluding hydrogens is 253 g/mol. The first-order valence-electron chi connectivity index (χ1n) is 6.41. The average molecular weight is 272 g/mol. The first kappa shape index (κ1) is 13.8. The van der Waals surface area contributed by atoms with Crippen LogP contribution in [0.2, 0.25) is 5.02 Å². The summed E-state index contributed by atoms with van der Waals surface area (Å²) in [6.07, 6.45) is 2.17. The van der Waals surface area contributed by atoms with Gasteiger partial charge in [0.25, 0.3) is 0 Å². The van der Waals surface area contributed by atoms with Crippen molar-refractivity contribution in [1.82, 2.24) is 5.32 Å². The first-order valence-corrected chi connectivity index (χ1v) is 6.79. The monoisotopic (exact) mass is 271 g/mol. The maximum Gasteiger partial charge on any atom is 0.123 e. The molecule has 4 heteroatoms. The second kappa shape index (κ2) is 6.00. The van der Waals surface area contributed by atoms with Crippen LogP contribution in [-0.4, -0.2) is 19.8 Å². The van der Waals surface area contributed by atoms with Gasteiger partial charge in [0.2, 0.25) is 0 Å². The number of nitrogens with one attached hydrogen (secondary N) is 1. The van der Waals surface area contributed by atoms with E-state index in [2.05, 4.69) is 12.2 Å². The summed E-state index contributed by atoms with van der Waals surface area (Å²) in [4.78, 5) is 0. The van der Waals surface area contributed by atoms with E-state index in [1.165, 1.54) is 12.1 Å². The van der Waals surface area contributed by atoms with Crippen molar-refractivity contribution >= 4 is 11.6 Å². The van der Waals surface area contributed by atoms with Crippen LogP contribution < -0.4 is 5.32 Å². The number of hydrogen-bond acceptors (Lipinski definition) is 2. The molecule has 1 aliphatic rings. The van der Waals surface area contributed by atoms with Gasteiger partial charge in [0, 0.05) is 23.6 Å². The lowest BCUT2D eigenvalue weighted by molar-refractivity contribution is 0.0782. The Balaban J connectivity index is 2.30. The summed E-state index contributed by atoms with van der Waals surface area (Å²) in [5.41, 5.74) is 0.827. The summed E-state index contributed by atoms with van der Waals surface area (Å²) in [6, 6.07) is 4.57. The molecule has 2 rings (SSSR count). The molecule has 1 fully saturated rings. The molecule has 1 aromatic carbocycles. The molecule has 0 radical (unpaired) electrons. The quantitative estimate of drug-likeness (QED) is 0.904. The maximum absolute atomic E-state index is 13.4. The minimum absolute atomic E-state index is 0.0423. The molecule has 3 atom stereocenters. The fourth-order valence-electron chi connectivity index (χ4n) is 2.82. The molecule has 3 unspecified atom stereocenters. The predicted molar refractivity (Wildman–Crippen MR) is 71.3 cm³/mol. The third-order valence-corrected chi connectivity index (χ3v) is 4.04. The van der Waals surface area contributed by atoms with Crippen LogP contribution in [-0.2, 0) is 4.74 Å². The lowest BCUT2D eigenvalue weighted by atomic mass is 9.86. The topological polar surface area (TPSA) is 21.3 Å². The minimum Gasteiger partial charge on any atom is -0.378 e. The fourth-order valence-corrected chi connectivity index (χ4v) is 3.06. The minimum atomic E-state index is -0.249. The van der Waals surface area contributed by atoms with E-state index in [0.29, 0.717) is 10.9 Å². The van der Waals surface area contributed by atoms with Crippen LogP contribution in [0.15, 0.2) is 18.2 Å². The molecule has 1 saturated heterocycles. The molecule has 0 aliphatic carbocycles. The standard InChI is InChI=1S/C14H19ClFNO/c1-3-13-10(6-7-18-13)14(17-2)11-8-9(16)4-5-12(11)15/h4-5,8,10,13-14,17H,3,6-7H2,1-2H3. The van der Waals surface area contributed by atoms with E-state index < -0.39 is 0 Å². The van der Waals surface area contributed by atoms with Gasteiger partial charge < -0.3 is 10.1 Å². The third-order valence-electron chi connectivity index (χ3n) is 3.70. The summed E-state index contributed by atoms with van der Waals surface area (Å²) >= 11 is 6.19. The predicted octanol–water partition coefficient (Wildman–Crippen LogP) is 3.55. The van der Waals surface area contributed by atoms with Crippen LogP contribution in [0.3, 0.4) is 0 Å². The molecule has 0 bridgehead atoms. The van der Waals surface area contributed by atoms with Crippen molar-refractivity contribution in [2.45, 2.75) is 31.9 Å². The number of halogens is 2. The van der Waals surface area contributed by atoms with Gasteiger partial charge in [-0.05, 0) is 43.7 Å². The molecule has 1 N–H and O–H groups in total. The van der Waals surface area contributed by atoms with Crippen LogP contribution in [0.25, 0.3) is 0 Å². The highest BCUT2D eigenvalue weighted by atomic mass is 35.5. The highest BCUT2D eigenvalue weighted by molar-refractivity contribution is 6.31. The molecule has 1 heterocycles. The van der Waals surface area contributed by atoms with Gasteiger partial charge in [0.05, 0.1) is 6.10 Å². The molecule has 0 saturated carbocycles. The third kappa shape index (κ3) is 2.68. The zero-order chi connectivity index (χ0) is 13.1. The number of hydrogen-bond donors (Lipinski definition) is 1. The van der Waals surface area contributed by atoms with E-state index in [1.54, 1.807) is 6.07 Å². The van der Waals surface area contributed by atoms with Crippen LogP contribution in [0.5, 0.6) is 0 Å². The maximum atomic E-state index is 13.4. The highest BCUT2D eigenvalue weighted by Gasteiger charge is 2.34. The van der Waals surface area contributed by atoms with Crippen LogP contribution >= 0.6 is 11.6 Å². The molecule has 100 valence electrons. The average Bonchev–Trinajstić information content (AvgIpc) is 2.83. The molecule has 0 spiro atoms. The second-order valence-electron chi connectivity index (χ2n) is 4.70. The Labute approximate surface area is 112 Å². The van der Waals surface area contributed by atoms with Gasteiger partial charge in [-0.1, -0.05) is 18.5 Å². The highest BCUT2D eigenvalue weighted by Crippen LogP contribution is 2.37. The van der Waals surface area contributed by atoms with E-state index in [0.717, 1.165) is 25.0 Å². The van der Waals surface area contributed by atoms with Crippen LogP contribution in [0.4, 0.5) is 4.39 Å².